The van der Waals surface area contributed by atoms with Crippen LogP contribution in [0.3, 0.4) is 0 Å². The van der Waals surface area contributed by atoms with Crippen LogP contribution in [0.1, 0.15) is 36.5 Å². The normalized spacial score (nSPS) is 11.0. The highest BCUT2D eigenvalue weighted by Gasteiger charge is 2.11. The number of aryl methyl sites for hydroxylation is 1. The van der Waals surface area contributed by atoms with Crippen molar-refractivity contribution in [2.75, 3.05) is 0 Å². The van der Waals surface area contributed by atoms with Crippen molar-refractivity contribution in [1.82, 2.24) is 0 Å². The second-order valence-electron chi connectivity index (χ2n) is 5.32. The molecule has 0 amide bonds. The molecule has 0 bridgehead atoms. The van der Waals surface area contributed by atoms with Gasteiger partial charge in [-0.15, -0.1) is 0 Å². The molecule has 2 aromatic carbocycles. The Morgan fingerprint density at radius 1 is 1.24 bits per heavy atom. The zero-order chi connectivity index (χ0) is 15.6. The smallest absolute Gasteiger partial charge is 0.130 e. The van der Waals surface area contributed by atoms with Gasteiger partial charge in [0.25, 0.3) is 0 Å². The van der Waals surface area contributed by atoms with Crippen LogP contribution in [0.5, 0.6) is 5.75 Å². The van der Waals surface area contributed by atoms with E-state index in [0.29, 0.717) is 16.0 Å². The minimum atomic E-state index is -0.278. The van der Waals surface area contributed by atoms with Crippen molar-refractivity contribution in [1.29, 1.82) is 0 Å². The lowest BCUT2D eigenvalue weighted by Crippen LogP contribution is -2.01. The van der Waals surface area contributed by atoms with Gasteiger partial charge in [0.1, 0.15) is 18.2 Å². The van der Waals surface area contributed by atoms with Crippen LogP contribution in [0.4, 0.5) is 4.39 Å². The number of halogens is 3. The van der Waals surface area contributed by atoms with Crippen LogP contribution < -0.4 is 4.74 Å². The molecule has 2 aromatic rings. The zero-order valence-corrected chi connectivity index (χ0v) is 14.6. The minimum absolute atomic E-state index is 0.194. The SMILES string of the molecule is Cc1cc(Cl)c(C(C)C)cc1OCc1ccc(Br)cc1F. The summed E-state index contributed by atoms with van der Waals surface area (Å²) in [6.45, 7) is 6.28. The molecule has 0 saturated carbocycles. The van der Waals surface area contributed by atoms with E-state index >= 15 is 0 Å². The van der Waals surface area contributed by atoms with Crippen LogP contribution in [-0.2, 0) is 6.61 Å². The third-order valence-electron chi connectivity index (χ3n) is 3.31. The van der Waals surface area contributed by atoms with Gasteiger partial charge in [-0.25, -0.2) is 4.39 Å². The molecule has 0 heterocycles. The van der Waals surface area contributed by atoms with Crippen molar-refractivity contribution < 1.29 is 9.13 Å². The first-order valence-corrected chi connectivity index (χ1v) is 7.92. The van der Waals surface area contributed by atoms with Crippen LogP contribution in [-0.4, -0.2) is 0 Å². The summed E-state index contributed by atoms with van der Waals surface area (Å²) in [6, 6.07) is 8.79. The van der Waals surface area contributed by atoms with Crippen molar-refractivity contribution in [3.63, 3.8) is 0 Å². The lowest BCUT2D eigenvalue weighted by molar-refractivity contribution is 0.297. The Labute approximate surface area is 138 Å². The molecule has 2 rings (SSSR count). The van der Waals surface area contributed by atoms with Gasteiger partial charge in [0.2, 0.25) is 0 Å². The average Bonchev–Trinajstić information content (AvgIpc) is 2.39. The maximum atomic E-state index is 13.8. The molecular formula is C17H17BrClFO. The third-order valence-corrected chi connectivity index (χ3v) is 4.14. The van der Waals surface area contributed by atoms with Gasteiger partial charge in [-0.3, -0.25) is 0 Å². The molecule has 0 saturated heterocycles. The number of ether oxygens (including phenoxy) is 1. The molecule has 0 aliphatic rings. The molecule has 0 aliphatic carbocycles. The Hall–Kier alpha value is -1.06. The number of rotatable bonds is 4. The highest BCUT2D eigenvalue weighted by Crippen LogP contribution is 2.32. The summed E-state index contributed by atoms with van der Waals surface area (Å²) in [4.78, 5) is 0. The number of hydrogen-bond acceptors (Lipinski definition) is 1. The first-order chi connectivity index (χ1) is 9.88. The van der Waals surface area contributed by atoms with Crippen molar-refractivity contribution in [2.24, 2.45) is 0 Å². The van der Waals surface area contributed by atoms with Gasteiger partial charge < -0.3 is 4.74 Å². The van der Waals surface area contributed by atoms with Crippen molar-refractivity contribution in [3.05, 3.63) is 62.3 Å². The maximum Gasteiger partial charge on any atom is 0.130 e. The molecule has 1 nitrogen and oxygen atoms in total. The highest BCUT2D eigenvalue weighted by atomic mass is 79.9. The van der Waals surface area contributed by atoms with Gasteiger partial charge in [0, 0.05) is 15.1 Å². The van der Waals surface area contributed by atoms with Gasteiger partial charge in [-0.05, 0) is 48.2 Å². The van der Waals surface area contributed by atoms with Crippen LogP contribution in [0, 0.1) is 12.7 Å². The molecule has 0 N–H and O–H groups in total. The number of benzene rings is 2. The fourth-order valence-corrected chi connectivity index (χ4v) is 2.83. The second kappa shape index (κ2) is 6.80. The second-order valence-corrected chi connectivity index (χ2v) is 6.64. The minimum Gasteiger partial charge on any atom is -0.489 e. The van der Waals surface area contributed by atoms with Gasteiger partial charge in [0.15, 0.2) is 0 Å². The molecule has 112 valence electrons. The Morgan fingerprint density at radius 3 is 2.57 bits per heavy atom. The zero-order valence-electron chi connectivity index (χ0n) is 12.2. The summed E-state index contributed by atoms with van der Waals surface area (Å²) in [6.07, 6.45) is 0. The van der Waals surface area contributed by atoms with Crippen LogP contribution in [0.15, 0.2) is 34.8 Å². The van der Waals surface area contributed by atoms with E-state index in [-0.39, 0.29) is 12.4 Å². The lowest BCUT2D eigenvalue weighted by atomic mass is 10.0. The predicted molar refractivity (Wildman–Crippen MR) is 88.7 cm³/mol. The summed E-state index contributed by atoms with van der Waals surface area (Å²) >= 11 is 9.48. The van der Waals surface area contributed by atoms with Gasteiger partial charge in [-0.1, -0.05) is 47.4 Å². The van der Waals surface area contributed by atoms with E-state index in [1.165, 1.54) is 6.07 Å². The topological polar surface area (TPSA) is 9.23 Å². The molecule has 0 fully saturated rings. The Bertz CT molecular complexity index is 655. The van der Waals surface area contributed by atoms with Crippen molar-refractivity contribution in [3.8, 4) is 5.75 Å². The average molecular weight is 372 g/mol. The first kappa shape index (κ1) is 16.3. The van der Waals surface area contributed by atoms with Gasteiger partial charge >= 0.3 is 0 Å². The monoisotopic (exact) mass is 370 g/mol. The van der Waals surface area contributed by atoms with E-state index in [0.717, 1.165) is 21.9 Å². The molecular weight excluding hydrogens is 355 g/mol. The molecule has 0 spiro atoms. The van der Waals surface area contributed by atoms with Gasteiger partial charge in [-0.2, -0.15) is 0 Å². The maximum absolute atomic E-state index is 13.8. The molecule has 4 heteroatoms. The quantitative estimate of drug-likeness (QED) is 0.617. The third kappa shape index (κ3) is 3.98. The lowest BCUT2D eigenvalue weighted by Gasteiger charge is -2.15. The van der Waals surface area contributed by atoms with E-state index < -0.39 is 0 Å². The molecule has 0 atom stereocenters. The Balaban J connectivity index is 2.21. The molecule has 0 radical (unpaired) electrons. The fourth-order valence-electron chi connectivity index (χ4n) is 2.06. The largest absolute Gasteiger partial charge is 0.489 e. The molecule has 0 aromatic heterocycles. The summed E-state index contributed by atoms with van der Waals surface area (Å²) < 4.78 is 20.3. The van der Waals surface area contributed by atoms with E-state index in [1.807, 2.05) is 19.1 Å². The summed E-state index contributed by atoms with van der Waals surface area (Å²) in [5.74, 6) is 0.773. The standard InChI is InChI=1S/C17H17BrClFO/c1-10(2)14-8-17(11(3)6-15(14)19)21-9-12-4-5-13(18)7-16(12)20/h4-8,10H,9H2,1-3H3. The van der Waals surface area contributed by atoms with Gasteiger partial charge in [0.05, 0.1) is 0 Å². The summed E-state index contributed by atoms with van der Waals surface area (Å²) in [5, 5.41) is 0.740. The Morgan fingerprint density at radius 2 is 1.95 bits per heavy atom. The molecule has 21 heavy (non-hydrogen) atoms. The van der Waals surface area contributed by atoms with Crippen LogP contribution >= 0.6 is 27.5 Å². The predicted octanol–water partition coefficient (Wildman–Crippen LogP) is 6.25. The Kier molecular flexibility index (Phi) is 5.28. The number of hydrogen-bond donors (Lipinski definition) is 0. The van der Waals surface area contributed by atoms with E-state index in [2.05, 4.69) is 29.8 Å². The van der Waals surface area contributed by atoms with E-state index in [4.69, 9.17) is 16.3 Å². The van der Waals surface area contributed by atoms with Crippen LogP contribution in [0.2, 0.25) is 5.02 Å². The summed E-state index contributed by atoms with van der Waals surface area (Å²) in [7, 11) is 0. The van der Waals surface area contributed by atoms with Crippen LogP contribution in [0.25, 0.3) is 0 Å². The highest BCUT2D eigenvalue weighted by molar-refractivity contribution is 9.10. The molecule has 0 aliphatic heterocycles. The van der Waals surface area contributed by atoms with E-state index in [9.17, 15) is 4.39 Å². The van der Waals surface area contributed by atoms with Crippen molar-refractivity contribution >= 4 is 27.5 Å². The molecule has 0 unspecified atom stereocenters. The van der Waals surface area contributed by atoms with E-state index in [1.54, 1.807) is 12.1 Å². The fraction of sp³-hybridized carbons (Fsp3) is 0.294. The first-order valence-electron chi connectivity index (χ1n) is 6.75. The summed E-state index contributed by atoms with van der Waals surface area (Å²) in [5.41, 5.74) is 2.51. The van der Waals surface area contributed by atoms with Crippen molar-refractivity contribution in [2.45, 2.75) is 33.3 Å².